The Kier molecular flexibility index (Phi) is 4.90. The number of hydrogen-bond acceptors (Lipinski definition) is 3. The van der Waals surface area contributed by atoms with E-state index < -0.39 is 12.0 Å². The Morgan fingerprint density at radius 3 is 2.61 bits per heavy atom. The largest absolute Gasteiger partial charge is 0.480 e. The summed E-state index contributed by atoms with van der Waals surface area (Å²) in [5.74, 6) is -0.745. The number of piperidine rings is 1. The van der Waals surface area contributed by atoms with Gasteiger partial charge < -0.3 is 19.9 Å². The van der Waals surface area contributed by atoms with Crippen molar-refractivity contribution >= 4 is 12.0 Å². The van der Waals surface area contributed by atoms with Gasteiger partial charge in [-0.25, -0.2) is 9.59 Å². The first kappa shape index (κ1) is 18.3. The Labute approximate surface area is 162 Å². The van der Waals surface area contributed by atoms with Gasteiger partial charge in [-0.2, -0.15) is 0 Å². The summed E-state index contributed by atoms with van der Waals surface area (Å²) in [6, 6.07) is 13.2. The lowest BCUT2D eigenvalue weighted by molar-refractivity contribution is -0.139. The van der Waals surface area contributed by atoms with Gasteiger partial charge in [0.05, 0.1) is 0 Å². The van der Waals surface area contributed by atoms with Gasteiger partial charge in [0.15, 0.2) is 0 Å². The van der Waals surface area contributed by atoms with E-state index in [1.54, 1.807) is 17.0 Å². The predicted octanol–water partition coefficient (Wildman–Crippen LogP) is 1.67. The van der Waals surface area contributed by atoms with Crippen LogP contribution in [0, 0.1) is 5.92 Å². The summed E-state index contributed by atoms with van der Waals surface area (Å²) >= 11 is 0. The van der Waals surface area contributed by atoms with E-state index in [1.807, 2.05) is 41.0 Å². The lowest BCUT2D eigenvalue weighted by Gasteiger charge is -2.42. The Hall–Kier alpha value is -3.09. The highest BCUT2D eigenvalue weighted by Gasteiger charge is 2.37. The molecule has 28 heavy (non-hydrogen) atoms. The van der Waals surface area contributed by atoms with Crippen LogP contribution >= 0.6 is 0 Å². The van der Waals surface area contributed by atoms with Crippen LogP contribution in [0.4, 0.5) is 4.79 Å². The quantitative estimate of drug-likeness (QED) is 0.843. The molecular formula is C21H23N3O4. The second-order valence-corrected chi connectivity index (χ2v) is 7.63. The van der Waals surface area contributed by atoms with Crippen molar-refractivity contribution in [3.63, 3.8) is 0 Å². The van der Waals surface area contributed by atoms with Crippen molar-refractivity contribution in [3.8, 4) is 0 Å². The van der Waals surface area contributed by atoms with Crippen LogP contribution in [0.2, 0.25) is 0 Å². The van der Waals surface area contributed by atoms with Crippen molar-refractivity contribution in [2.24, 2.45) is 5.92 Å². The summed E-state index contributed by atoms with van der Waals surface area (Å²) in [5.41, 5.74) is 1.82. The van der Waals surface area contributed by atoms with Gasteiger partial charge in [0.25, 0.3) is 5.56 Å². The van der Waals surface area contributed by atoms with Gasteiger partial charge >= 0.3 is 12.0 Å². The molecule has 4 rings (SSSR count). The lowest BCUT2D eigenvalue weighted by Crippen LogP contribution is -2.55. The smallest absolute Gasteiger partial charge is 0.326 e. The summed E-state index contributed by atoms with van der Waals surface area (Å²) < 4.78 is 1.81. The highest BCUT2D eigenvalue weighted by molar-refractivity contribution is 5.83. The number of nitrogens with one attached hydrogen (secondary N) is 1. The fourth-order valence-corrected chi connectivity index (χ4v) is 4.35. The van der Waals surface area contributed by atoms with E-state index >= 15 is 0 Å². The third kappa shape index (κ3) is 3.65. The Morgan fingerprint density at radius 1 is 1.07 bits per heavy atom. The Bertz CT molecular complexity index is 940. The third-order valence-corrected chi connectivity index (χ3v) is 5.65. The van der Waals surface area contributed by atoms with Crippen molar-refractivity contribution < 1.29 is 14.7 Å². The van der Waals surface area contributed by atoms with Gasteiger partial charge in [-0.1, -0.05) is 36.4 Å². The zero-order chi connectivity index (χ0) is 19.7. The van der Waals surface area contributed by atoms with Crippen LogP contribution in [-0.4, -0.2) is 45.7 Å². The molecule has 146 valence electrons. The second-order valence-electron chi connectivity index (χ2n) is 7.63. The molecule has 2 amide bonds. The summed E-state index contributed by atoms with van der Waals surface area (Å²) in [4.78, 5) is 38.2. The number of carboxylic acids is 1. The number of amides is 2. The molecule has 0 spiro atoms. The van der Waals surface area contributed by atoms with Crippen molar-refractivity contribution in [2.45, 2.75) is 31.3 Å². The first-order chi connectivity index (χ1) is 13.5. The minimum Gasteiger partial charge on any atom is -0.480 e. The van der Waals surface area contributed by atoms with Crippen molar-refractivity contribution in [2.75, 3.05) is 13.1 Å². The number of fused-ring (bicyclic) bond motifs is 4. The average molecular weight is 381 g/mol. The highest BCUT2D eigenvalue weighted by Crippen LogP contribution is 2.34. The minimum atomic E-state index is -1.05. The SMILES string of the molecule is O=C(O)[C@@H](Cc1ccccc1)NC(=O)N1CC2CC(C1)c1cccc(=O)n1C2. The number of carboxylic acid groups (broad SMARTS) is 1. The molecule has 2 aromatic rings. The van der Waals surface area contributed by atoms with E-state index in [9.17, 15) is 19.5 Å². The van der Waals surface area contributed by atoms with Crippen LogP contribution in [0.15, 0.2) is 53.3 Å². The van der Waals surface area contributed by atoms with E-state index in [0.717, 1.165) is 17.7 Å². The van der Waals surface area contributed by atoms with Crippen LogP contribution in [0.25, 0.3) is 0 Å². The molecule has 3 heterocycles. The first-order valence-corrected chi connectivity index (χ1v) is 9.53. The second kappa shape index (κ2) is 7.50. The number of benzene rings is 1. The van der Waals surface area contributed by atoms with Crippen molar-refractivity contribution in [1.82, 2.24) is 14.8 Å². The van der Waals surface area contributed by atoms with Gasteiger partial charge in [0.1, 0.15) is 6.04 Å². The Balaban J connectivity index is 1.47. The third-order valence-electron chi connectivity index (χ3n) is 5.65. The topological polar surface area (TPSA) is 91.6 Å². The summed E-state index contributed by atoms with van der Waals surface area (Å²) in [5, 5.41) is 12.2. The standard InChI is InChI=1S/C21H23N3O4/c25-19-8-4-7-18-16-9-15(12-24(18)19)11-23(13-16)21(28)22-17(20(26)27)10-14-5-2-1-3-6-14/h1-8,15-17H,9-13H2,(H,22,28)(H,26,27)/t15?,16?,17-/m1/s1. The number of urea groups is 1. The highest BCUT2D eigenvalue weighted by atomic mass is 16.4. The van der Waals surface area contributed by atoms with Crippen LogP contribution < -0.4 is 10.9 Å². The predicted molar refractivity (Wildman–Crippen MR) is 103 cm³/mol. The van der Waals surface area contributed by atoms with Gasteiger partial charge in [0.2, 0.25) is 0 Å². The van der Waals surface area contributed by atoms with Crippen LogP contribution in [-0.2, 0) is 17.8 Å². The number of aliphatic carboxylic acids is 1. The molecular weight excluding hydrogens is 358 g/mol. The maximum atomic E-state index is 12.8. The molecule has 0 saturated carbocycles. The van der Waals surface area contributed by atoms with Gasteiger partial charge in [0, 0.05) is 43.7 Å². The molecule has 0 aliphatic carbocycles. The molecule has 7 nitrogen and oxygen atoms in total. The molecule has 2 N–H and O–H groups in total. The van der Waals surface area contributed by atoms with E-state index in [1.165, 1.54) is 0 Å². The maximum absolute atomic E-state index is 12.8. The van der Waals surface area contributed by atoms with Gasteiger partial charge in [-0.05, 0) is 24.0 Å². The van der Waals surface area contributed by atoms with E-state index in [0.29, 0.717) is 19.6 Å². The molecule has 1 saturated heterocycles. The molecule has 1 aromatic heterocycles. The van der Waals surface area contributed by atoms with Crippen LogP contribution in [0.3, 0.4) is 0 Å². The first-order valence-electron chi connectivity index (χ1n) is 9.53. The number of carbonyl (C=O) groups is 2. The molecule has 7 heteroatoms. The number of likely N-dealkylation sites (tertiary alicyclic amines) is 1. The number of hydrogen-bond donors (Lipinski definition) is 2. The molecule has 3 atom stereocenters. The molecule has 2 unspecified atom stereocenters. The normalized spacial score (nSPS) is 21.5. The number of pyridine rings is 1. The minimum absolute atomic E-state index is 0.00101. The zero-order valence-electron chi connectivity index (χ0n) is 15.5. The lowest BCUT2D eigenvalue weighted by atomic mass is 9.83. The summed E-state index contributed by atoms with van der Waals surface area (Å²) in [6.45, 7) is 1.62. The average Bonchev–Trinajstić information content (AvgIpc) is 2.69. The van der Waals surface area contributed by atoms with Gasteiger partial charge in [-0.15, -0.1) is 0 Å². The van der Waals surface area contributed by atoms with Crippen molar-refractivity contribution in [3.05, 3.63) is 70.1 Å². The number of rotatable bonds is 4. The Morgan fingerprint density at radius 2 is 1.86 bits per heavy atom. The molecule has 2 aliphatic heterocycles. The number of nitrogens with zero attached hydrogens (tertiary/aromatic N) is 2. The monoisotopic (exact) mass is 381 g/mol. The summed E-state index contributed by atoms with van der Waals surface area (Å²) in [6.07, 6.45) is 1.18. The van der Waals surface area contributed by atoms with Gasteiger partial charge in [-0.3, -0.25) is 4.79 Å². The van der Waals surface area contributed by atoms with E-state index in [2.05, 4.69) is 5.32 Å². The molecule has 2 aliphatic rings. The van der Waals surface area contributed by atoms with E-state index in [-0.39, 0.29) is 29.8 Å². The molecule has 2 bridgehead atoms. The summed E-state index contributed by atoms with van der Waals surface area (Å²) in [7, 11) is 0. The number of aromatic nitrogens is 1. The molecule has 1 aromatic carbocycles. The van der Waals surface area contributed by atoms with E-state index in [4.69, 9.17) is 0 Å². The van der Waals surface area contributed by atoms with Crippen LogP contribution in [0.1, 0.15) is 23.6 Å². The fraction of sp³-hybridized carbons (Fsp3) is 0.381. The molecule has 1 fully saturated rings. The van der Waals surface area contributed by atoms with Crippen LogP contribution in [0.5, 0.6) is 0 Å². The maximum Gasteiger partial charge on any atom is 0.326 e. The molecule has 0 radical (unpaired) electrons. The zero-order valence-corrected chi connectivity index (χ0v) is 15.5. The number of carbonyl (C=O) groups excluding carboxylic acids is 1. The van der Waals surface area contributed by atoms with Crippen molar-refractivity contribution in [1.29, 1.82) is 0 Å². The fourth-order valence-electron chi connectivity index (χ4n) is 4.35.